The number of likely N-dealkylation sites (tertiary alicyclic amines) is 1. The smallest absolute Gasteiger partial charge is 0.289 e. The van der Waals surface area contributed by atoms with Crippen molar-refractivity contribution in [3.63, 3.8) is 0 Å². The van der Waals surface area contributed by atoms with Crippen LogP contribution < -0.4 is 0 Å². The van der Waals surface area contributed by atoms with Crippen LogP contribution in [0, 0.1) is 12.3 Å². The molecule has 1 spiro atoms. The molecule has 1 saturated carbocycles. The number of carbonyl (C=O) groups excluding carboxylic acids is 1. The monoisotopic (exact) mass is 344 g/mol. The lowest BCUT2D eigenvalue weighted by Crippen LogP contribution is -2.62. The van der Waals surface area contributed by atoms with Crippen LogP contribution in [0.4, 0.5) is 0 Å². The zero-order chi connectivity index (χ0) is 17.6. The number of furan rings is 1. The highest BCUT2D eigenvalue weighted by atomic mass is 16.5. The third kappa shape index (κ3) is 2.64. The SMILES string of the molecule is CCOC1CC(O)C12CCN(C(=O)c1cc3nc(C)ccc3o1)CC2. The fourth-order valence-electron chi connectivity index (χ4n) is 4.23. The molecule has 3 heterocycles. The molecule has 1 N–H and O–H groups in total. The van der Waals surface area contributed by atoms with E-state index in [1.165, 1.54) is 0 Å². The van der Waals surface area contributed by atoms with E-state index in [0.717, 1.165) is 18.5 Å². The second-order valence-electron chi connectivity index (χ2n) is 7.17. The van der Waals surface area contributed by atoms with E-state index in [4.69, 9.17) is 9.15 Å². The van der Waals surface area contributed by atoms with E-state index in [1.807, 2.05) is 30.9 Å². The van der Waals surface area contributed by atoms with Crippen molar-refractivity contribution in [3.8, 4) is 0 Å². The summed E-state index contributed by atoms with van der Waals surface area (Å²) >= 11 is 0. The first-order valence-electron chi connectivity index (χ1n) is 8.99. The van der Waals surface area contributed by atoms with Gasteiger partial charge in [-0.2, -0.15) is 0 Å². The van der Waals surface area contributed by atoms with Crippen molar-refractivity contribution < 1.29 is 19.1 Å². The minimum absolute atomic E-state index is 0.104. The first-order valence-corrected chi connectivity index (χ1v) is 8.99. The number of carbonyl (C=O) groups is 1. The number of pyridine rings is 1. The second kappa shape index (κ2) is 6.11. The highest BCUT2D eigenvalue weighted by Crippen LogP contribution is 2.51. The van der Waals surface area contributed by atoms with Crippen LogP contribution in [0.5, 0.6) is 0 Å². The highest BCUT2D eigenvalue weighted by Gasteiger charge is 2.56. The van der Waals surface area contributed by atoms with Gasteiger partial charge in [-0.15, -0.1) is 0 Å². The van der Waals surface area contributed by atoms with Crippen molar-refractivity contribution in [1.82, 2.24) is 9.88 Å². The summed E-state index contributed by atoms with van der Waals surface area (Å²) < 4.78 is 11.5. The summed E-state index contributed by atoms with van der Waals surface area (Å²) in [5.41, 5.74) is 2.06. The summed E-state index contributed by atoms with van der Waals surface area (Å²) in [6.07, 6.45) is 2.03. The average Bonchev–Trinajstić information content (AvgIpc) is 3.04. The molecule has 2 aliphatic rings. The summed E-state index contributed by atoms with van der Waals surface area (Å²) in [4.78, 5) is 19.0. The number of aromatic nitrogens is 1. The van der Waals surface area contributed by atoms with E-state index in [9.17, 15) is 9.90 Å². The van der Waals surface area contributed by atoms with Gasteiger partial charge in [-0.1, -0.05) is 0 Å². The normalized spacial score (nSPS) is 25.3. The van der Waals surface area contributed by atoms with Crippen LogP contribution in [0.1, 0.15) is 42.4 Å². The number of nitrogens with zero attached hydrogens (tertiary/aromatic N) is 2. The number of hydrogen-bond acceptors (Lipinski definition) is 5. The molecule has 6 nitrogen and oxygen atoms in total. The number of hydrogen-bond donors (Lipinski definition) is 1. The van der Waals surface area contributed by atoms with E-state index >= 15 is 0 Å². The Morgan fingerprint density at radius 3 is 2.88 bits per heavy atom. The maximum Gasteiger partial charge on any atom is 0.289 e. The molecule has 2 fully saturated rings. The molecule has 4 rings (SSSR count). The molecule has 25 heavy (non-hydrogen) atoms. The molecule has 2 atom stereocenters. The zero-order valence-electron chi connectivity index (χ0n) is 14.7. The van der Waals surface area contributed by atoms with Crippen LogP contribution in [0.2, 0.25) is 0 Å². The Bertz CT molecular complexity index is 790. The third-order valence-electron chi connectivity index (χ3n) is 5.82. The number of aliphatic hydroxyl groups is 1. The van der Waals surface area contributed by atoms with Gasteiger partial charge >= 0.3 is 0 Å². The fourth-order valence-corrected chi connectivity index (χ4v) is 4.23. The molecule has 0 radical (unpaired) electrons. The average molecular weight is 344 g/mol. The topological polar surface area (TPSA) is 75.8 Å². The van der Waals surface area contributed by atoms with Gasteiger partial charge in [0, 0.05) is 43.3 Å². The maximum absolute atomic E-state index is 12.8. The molecular formula is C19H24N2O4. The van der Waals surface area contributed by atoms with Gasteiger partial charge in [0.05, 0.1) is 12.2 Å². The molecule has 0 bridgehead atoms. The highest BCUT2D eigenvalue weighted by molar-refractivity contribution is 5.95. The van der Waals surface area contributed by atoms with Crippen molar-refractivity contribution in [2.24, 2.45) is 5.41 Å². The van der Waals surface area contributed by atoms with E-state index in [0.29, 0.717) is 43.0 Å². The molecule has 134 valence electrons. The van der Waals surface area contributed by atoms with Gasteiger partial charge in [-0.05, 0) is 38.8 Å². The van der Waals surface area contributed by atoms with E-state index < -0.39 is 0 Å². The van der Waals surface area contributed by atoms with Gasteiger partial charge in [0.2, 0.25) is 0 Å². The van der Waals surface area contributed by atoms with Crippen LogP contribution >= 0.6 is 0 Å². The van der Waals surface area contributed by atoms with Crippen LogP contribution in [0.15, 0.2) is 22.6 Å². The van der Waals surface area contributed by atoms with Gasteiger partial charge in [-0.25, -0.2) is 4.98 Å². The van der Waals surface area contributed by atoms with Crippen molar-refractivity contribution in [3.05, 3.63) is 29.7 Å². The number of aryl methyl sites for hydroxylation is 1. The number of fused-ring (bicyclic) bond motifs is 1. The van der Waals surface area contributed by atoms with Crippen LogP contribution in [0.3, 0.4) is 0 Å². The summed E-state index contributed by atoms with van der Waals surface area (Å²) in [7, 11) is 0. The summed E-state index contributed by atoms with van der Waals surface area (Å²) in [5.74, 6) is 0.229. The Hall–Kier alpha value is -1.92. The Balaban J connectivity index is 1.47. The van der Waals surface area contributed by atoms with Gasteiger partial charge in [0.1, 0.15) is 5.52 Å². The van der Waals surface area contributed by atoms with Crippen LogP contribution in [-0.2, 0) is 4.74 Å². The molecule has 2 aromatic heterocycles. The van der Waals surface area contributed by atoms with Crippen molar-refractivity contribution in [2.45, 2.75) is 45.3 Å². The zero-order valence-corrected chi connectivity index (χ0v) is 14.7. The fraction of sp³-hybridized carbons (Fsp3) is 0.579. The standard InChI is InChI=1S/C19H24N2O4/c1-3-24-17-11-16(22)19(17)6-8-21(9-7-19)18(23)15-10-13-14(25-15)5-4-12(2)20-13/h4-5,10,16-17,22H,3,6-9,11H2,1-2H3. The third-order valence-corrected chi connectivity index (χ3v) is 5.82. The summed E-state index contributed by atoms with van der Waals surface area (Å²) in [6.45, 7) is 5.78. The van der Waals surface area contributed by atoms with Crippen molar-refractivity contribution >= 4 is 17.0 Å². The number of aliphatic hydroxyl groups excluding tert-OH is 1. The van der Waals surface area contributed by atoms with Crippen LogP contribution in [0.25, 0.3) is 11.1 Å². The lowest BCUT2D eigenvalue weighted by molar-refractivity contribution is -0.207. The molecule has 1 aliphatic heterocycles. The molecule has 1 saturated heterocycles. The lowest BCUT2D eigenvalue weighted by atomic mass is 9.58. The molecule has 6 heteroatoms. The number of ether oxygens (including phenoxy) is 1. The van der Waals surface area contributed by atoms with Gasteiger partial charge in [-0.3, -0.25) is 4.79 Å². The minimum Gasteiger partial charge on any atom is -0.449 e. The second-order valence-corrected chi connectivity index (χ2v) is 7.17. The molecular weight excluding hydrogens is 320 g/mol. The summed E-state index contributed by atoms with van der Waals surface area (Å²) in [6, 6.07) is 5.43. The predicted molar refractivity (Wildman–Crippen MR) is 92.4 cm³/mol. The van der Waals surface area contributed by atoms with Gasteiger partial charge < -0.3 is 19.2 Å². The van der Waals surface area contributed by atoms with Gasteiger partial charge in [0.25, 0.3) is 5.91 Å². The van der Waals surface area contributed by atoms with E-state index in [2.05, 4.69) is 4.98 Å². The largest absolute Gasteiger partial charge is 0.449 e. The molecule has 2 aromatic rings. The summed E-state index contributed by atoms with van der Waals surface area (Å²) in [5, 5.41) is 10.3. The first-order chi connectivity index (χ1) is 12.0. The lowest BCUT2D eigenvalue weighted by Gasteiger charge is -2.56. The number of amides is 1. The van der Waals surface area contributed by atoms with E-state index in [1.54, 1.807) is 6.07 Å². The maximum atomic E-state index is 12.8. The Morgan fingerprint density at radius 2 is 2.20 bits per heavy atom. The number of piperidine rings is 1. The van der Waals surface area contributed by atoms with Gasteiger partial charge in [0.15, 0.2) is 11.3 Å². The quantitative estimate of drug-likeness (QED) is 0.926. The minimum atomic E-state index is -0.320. The molecule has 1 aliphatic carbocycles. The number of rotatable bonds is 3. The predicted octanol–water partition coefficient (Wildman–Crippen LogP) is 2.53. The molecule has 2 unspecified atom stereocenters. The molecule has 0 aromatic carbocycles. The van der Waals surface area contributed by atoms with Crippen molar-refractivity contribution in [2.75, 3.05) is 19.7 Å². The van der Waals surface area contributed by atoms with Crippen LogP contribution in [-0.4, -0.2) is 52.8 Å². The van der Waals surface area contributed by atoms with E-state index in [-0.39, 0.29) is 23.5 Å². The Morgan fingerprint density at radius 1 is 1.44 bits per heavy atom. The molecule has 1 amide bonds. The Labute approximate surface area is 146 Å². The first kappa shape index (κ1) is 16.5. The Kier molecular flexibility index (Phi) is 4.04. The van der Waals surface area contributed by atoms with Crippen molar-refractivity contribution in [1.29, 1.82) is 0 Å².